The van der Waals surface area contributed by atoms with Gasteiger partial charge in [0.05, 0.1) is 16.8 Å². The highest BCUT2D eigenvalue weighted by Gasteiger charge is 2.24. The summed E-state index contributed by atoms with van der Waals surface area (Å²) in [5.74, 6) is -2.71. The number of hydrogen-bond donors (Lipinski definition) is 1. The predicted octanol–water partition coefficient (Wildman–Crippen LogP) is 2.77. The molecule has 24 heavy (non-hydrogen) atoms. The van der Waals surface area contributed by atoms with Crippen LogP contribution in [0, 0.1) is 18.6 Å². The number of anilines is 1. The standard InChI is InChI=1S/C16H14F2N4O2/c1-8-12-13(21(2)3)9(16(23)24)7-19-15(12)22(20-8)14-10(17)5-4-6-11(14)18/h4-7H,1-3H3,(H,23,24). The minimum absolute atomic E-state index is 0.0100. The smallest absolute Gasteiger partial charge is 0.339 e. The van der Waals surface area contributed by atoms with Crippen molar-refractivity contribution >= 4 is 22.7 Å². The lowest BCUT2D eigenvalue weighted by atomic mass is 10.1. The van der Waals surface area contributed by atoms with Gasteiger partial charge in [-0.15, -0.1) is 0 Å². The van der Waals surface area contributed by atoms with Crippen molar-refractivity contribution in [2.75, 3.05) is 19.0 Å². The van der Waals surface area contributed by atoms with Crippen molar-refractivity contribution in [2.24, 2.45) is 0 Å². The van der Waals surface area contributed by atoms with Crippen LogP contribution in [-0.4, -0.2) is 39.9 Å². The highest BCUT2D eigenvalue weighted by molar-refractivity contribution is 6.05. The maximum absolute atomic E-state index is 14.1. The third-order valence-corrected chi connectivity index (χ3v) is 3.67. The van der Waals surface area contributed by atoms with Crippen LogP contribution in [0.1, 0.15) is 16.1 Å². The van der Waals surface area contributed by atoms with Gasteiger partial charge < -0.3 is 10.0 Å². The number of hydrogen-bond acceptors (Lipinski definition) is 4. The minimum atomic E-state index is -1.14. The number of carboxylic acid groups (broad SMARTS) is 1. The Kier molecular flexibility index (Phi) is 3.67. The molecule has 0 radical (unpaired) electrons. The first-order chi connectivity index (χ1) is 11.3. The van der Waals surface area contributed by atoms with Gasteiger partial charge in [0.2, 0.25) is 0 Å². The van der Waals surface area contributed by atoms with E-state index in [1.807, 2.05) is 0 Å². The van der Waals surface area contributed by atoms with Gasteiger partial charge in [-0.25, -0.2) is 23.2 Å². The molecule has 3 aromatic rings. The number of aromatic carboxylic acids is 1. The highest BCUT2D eigenvalue weighted by atomic mass is 19.1. The Morgan fingerprint density at radius 1 is 1.25 bits per heavy atom. The van der Waals surface area contributed by atoms with E-state index in [1.165, 1.54) is 6.07 Å². The number of para-hydroxylation sites is 1. The molecule has 0 aliphatic rings. The summed E-state index contributed by atoms with van der Waals surface area (Å²) in [5, 5.41) is 14.0. The van der Waals surface area contributed by atoms with Gasteiger partial charge in [0.1, 0.15) is 11.3 Å². The first-order valence-corrected chi connectivity index (χ1v) is 7.06. The van der Waals surface area contributed by atoms with Gasteiger partial charge in [-0.1, -0.05) is 6.07 Å². The average Bonchev–Trinajstić information content (AvgIpc) is 2.83. The van der Waals surface area contributed by atoms with Crippen molar-refractivity contribution in [2.45, 2.75) is 6.92 Å². The lowest BCUT2D eigenvalue weighted by Crippen LogP contribution is -2.15. The normalized spacial score (nSPS) is 11.0. The summed E-state index contributed by atoms with van der Waals surface area (Å²) in [6, 6.07) is 3.51. The number of benzene rings is 1. The van der Waals surface area contributed by atoms with E-state index in [2.05, 4.69) is 10.1 Å². The molecule has 8 heteroatoms. The van der Waals surface area contributed by atoms with E-state index in [-0.39, 0.29) is 16.9 Å². The van der Waals surface area contributed by atoms with Crippen molar-refractivity contribution in [3.8, 4) is 5.69 Å². The first kappa shape index (κ1) is 15.9. The number of fused-ring (bicyclic) bond motifs is 1. The first-order valence-electron chi connectivity index (χ1n) is 7.06. The van der Waals surface area contributed by atoms with Gasteiger partial charge in [0, 0.05) is 20.3 Å². The molecule has 0 unspecified atom stereocenters. The molecule has 1 N–H and O–H groups in total. The lowest BCUT2D eigenvalue weighted by molar-refractivity contribution is 0.0697. The second-order valence-electron chi connectivity index (χ2n) is 5.49. The maximum Gasteiger partial charge on any atom is 0.339 e. The predicted molar refractivity (Wildman–Crippen MR) is 84.8 cm³/mol. The lowest BCUT2D eigenvalue weighted by Gasteiger charge is -2.16. The Balaban J connectivity index is 2.43. The van der Waals surface area contributed by atoms with Gasteiger partial charge in [-0.05, 0) is 19.1 Å². The van der Waals surface area contributed by atoms with Crippen LogP contribution in [0.4, 0.5) is 14.5 Å². The van der Waals surface area contributed by atoms with Gasteiger partial charge in [-0.3, -0.25) is 0 Å². The van der Waals surface area contributed by atoms with Crippen molar-refractivity contribution < 1.29 is 18.7 Å². The largest absolute Gasteiger partial charge is 0.478 e. The molecule has 0 amide bonds. The molecule has 0 fully saturated rings. The number of rotatable bonds is 3. The van der Waals surface area contributed by atoms with Crippen molar-refractivity contribution in [3.05, 3.63) is 47.3 Å². The zero-order valence-electron chi connectivity index (χ0n) is 13.2. The molecule has 3 rings (SSSR count). The van der Waals surface area contributed by atoms with Crippen molar-refractivity contribution in [3.63, 3.8) is 0 Å². The number of nitrogens with zero attached hydrogens (tertiary/aromatic N) is 4. The summed E-state index contributed by atoms with van der Waals surface area (Å²) in [4.78, 5) is 17.2. The number of pyridine rings is 1. The fraction of sp³-hybridized carbons (Fsp3) is 0.188. The SMILES string of the molecule is Cc1nn(-c2c(F)cccc2F)c2ncc(C(=O)O)c(N(C)C)c12. The van der Waals surface area contributed by atoms with Gasteiger partial charge in [-0.2, -0.15) is 5.10 Å². The molecule has 2 aromatic heterocycles. The Hall–Kier alpha value is -3.03. The van der Waals surface area contributed by atoms with Crippen LogP contribution >= 0.6 is 0 Å². The number of carboxylic acids is 1. The van der Waals surface area contributed by atoms with E-state index in [1.54, 1.807) is 25.9 Å². The van der Waals surface area contributed by atoms with E-state index in [0.717, 1.165) is 23.0 Å². The molecule has 0 atom stereocenters. The Morgan fingerprint density at radius 2 is 1.88 bits per heavy atom. The topological polar surface area (TPSA) is 71.2 Å². The van der Waals surface area contributed by atoms with Crippen LogP contribution in [0.2, 0.25) is 0 Å². The zero-order valence-corrected chi connectivity index (χ0v) is 13.2. The van der Waals surface area contributed by atoms with Crippen LogP contribution in [0.3, 0.4) is 0 Å². The Morgan fingerprint density at radius 3 is 2.42 bits per heavy atom. The van der Waals surface area contributed by atoms with Gasteiger partial charge in [0.15, 0.2) is 17.3 Å². The molecule has 0 bridgehead atoms. The fourth-order valence-corrected chi connectivity index (χ4v) is 2.70. The van der Waals surface area contributed by atoms with Gasteiger partial charge in [0.25, 0.3) is 0 Å². The number of aryl methyl sites for hydroxylation is 1. The quantitative estimate of drug-likeness (QED) is 0.798. The number of halogens is 2. The molecule has 0 saturated heterocycles. The van der Waals surface area contributed by atoms with Crippen LogP contribution in [0.15, 0.2) is 24.4 Å². The zero-order chi connectivity index (χ0) is 17.6. The summed E-state index contributed by atoms with van der Waals surface area (Å²) in [5.41, 5.74) is 0.630. The molecule has 124 valence electrons. The molecule has 0 aliphatic carbocycles. The second-order valence-corrected chi connectivity index (χ2v) is 5.49. The van der Waals surface area contributed by atoms with E-state index >= 15 is 0 Å². The van der Waals surface area contributed by atoms with E-state index in [9.17, 15) is 18.7 Å². The monoisotopic (exact) mass is 332 g/mol. The van der Waals surface area contributed by atoms with Crippen LogP contribution in [0.5, 0.6) is 0 Å². The maximum atomic E-state index is 14.1. The molecule has 1 aromatic carbocycles. The summed E-state index contributed by atoms with van der Waals surface area (Å²) in [6.07, 6.45) is 1.16. The molecule has 2 heterocycles. The fourth-order valence-electron chi connectivity index (χ4n) is 2.70. The van der Waals surface area contributed by atoms with Crippen LogP contribution in [-0.2, 0) is 0 Å². The summed E-state index contributed by atoms with van der Waals surface area (Å²) in [6.45, 7) is 1.64. The van der Waals surface area contributed by atoms with Crippen molar-refractivity contribution in [1.29, 1.82) is 0 Å². The molecule has 6 nitrogen and oxygen atoms in total. The molecular formula is C16H14F2N4O2. The van der Waals surface area contributed by atoms with Crippen LogP contribution < -0.4 is 4.90 Å². The highest BCUT2D eigenvalue weighted by Crippen LogP contribution is 2.33. The molecule has 0 saturated carbocycles. The molecule has 0 spiro atoms. The third-order valence-electron chi connectivity index (χ3n) is 3.67. The number of aromatic nitrogens is 3. The van der Waals surface area contributed by atoms with E-state index < -0.39 is 17.6 Å². The van der Waals surface area contributed by atoms with Crippen molar-refractivity contribution in [1.82, 2.24) is 14.8 Å². The molecule has 0 aliphatic heterocycles. The summed E-state index contributed by atoms with van der Waals surface area (Å²) >= 11 is 0. The summed E-state index contributed by atoms with van der Waals surface area (Å²) in [7, 11) is 3.36. The van der Waals surface area contributed by atoms with Crippen LogP contribution in [0.25, 0.3) is 16.7 Å². The van der Waals surface area contributed by atoms with Gasteiger partial charge >= 0.3 is 5.97 Å². The molecular weight excluding hydrogens is 318 g/mol. The minimum Gasteiger partial charge on any atom is -0.478 e. The summed E-state index contributed by atoms with van der Waals surface area (Å²) < 4.78 is 29.3. The Bertz CT molecular complexity index is 946. The number of carbonyl (C=O) groups is 1. The average molecular weight is 332 g/mol. The third kappa shape index (κ3) is 2.27. The second kappa shape index (κ2) is 5.55. The van der Waals surface area contributed by atoms with E-state index in [4.69, 9.17) is 0 Å². The van der Waals surface area contributed by atoms with E-state index in [0.29, 0.717) is 16.8 Å². The Labute approximate surface area is 136 Å².